The fraction of sp³-hybridized carbons (Fsp3) is 0.526. The molecule has 2 heterocycles. The zero-order valence-electron chi connectivity index (χ0n) is 13.9. The monoisotopic (exact) mass is 341 g/mol. The Balaban J connectivity index is 1.31. The summed E-state index contributed by atoms with van der Waals surface area (Å²) in [5.41, 5.74) is 0.921. The minimum atomic E-state index is -0.242. The molecule has 3 atom stereocenters. The maximum Gasteiger partial charge on any atom is 0.229 e. The first-order chi connectivity index (χ1) is 12.2. The van der Waals surface area contributed by atoms with Crippen LogP contribution in [0.5, 0.6) is 0 Å². The molecule has 3 fully saturated rings. The lowest BCUT2D eigenvalue weighted by molar-refractivity contribution is -0.133. The highest BCUT2D eigenvalue weighted by molar-refractivity contribution is 5.83. The molecule has 0 radical (unpaired) electrons. The van der Waals surface area contributed by atoms with Crippen molar-refractivity contribution in [3.8, 4) is 0 Å². The number of carbonyl (C=O) groups excluding carboxylic acids is 1. The van der Waals surface area contributed by atoms with E-state index in [1.54, 1.807) is 12.1 Å². The highest BCUT2D eigenvalue weighted by atomic mass is 19.1. The molecule has 2 aliphatic carbocycles. The molecule has 0 spiro atoms. The van der Waals surface area contributed by atoms with Gasteiger partial charge in [-0.1, -0.05) is 17.3 Å². The summed E-state index contributed by atoms with van der Waals surface area (Å²) in [6.45, 7) is 0.739. The van der Waals surface area contributed by atoms with Crippen molar-refractivity contribution in [2.75, 3.05) is 6.54 Å². The molecule has 2 aromatic rings. The first-order valence-electron chi connectivity index (χ1n) is 9.10. The molecule has 130 valence electrons. The molecule has 2 saturated carbocycles. The van der Waals surface area contributed by atoms with Crippen LogP contribution in [0.2, 0.25) is 0 Å². The quantitative estimate of drug-likeness (QED) is 0.853. The predicted molar refractivity (Wildman–Crippen MR) is 87.2 cm³/mol. The molecule has 0 unspecified atom stereocenters. The number of hydrogen-bond donors (Lipinski definition) is 0. The zero-order chi connectivity index (χ0) is 17.0. The van der Waals surface area contributed by atoms with Gasteiger partial charge >= 0.3 is 0 Å². The van der Waals surface area contributed by atoms with Crippen molar-refractivity contribution in [1.82, 2.24) is 15.0 Å². The van der Waals surface area contributed by atoms with Gasteiger partial charge < -0.3 is 9.42 Å². The standard InChI is InChI=1S/C19H20FN3O2/c20-13-4-1-3-12(9-13)14-10-15(14)19(24)23-8-2-5-16(23)17-21-18(25-22-17)11-6-7-11/h1,3-4,9,11,14-16H,2,5-8,10H2/t14-,15+,16+/m0/s1. The number of halogens is 1. The van der Waals surface area contributed by atoms with Gasteiger partial charge in [0.1, 0.15) is 5.82 Å². The number of nitrogens with zero attached hydrogens (tertiary/aromatic N) is 3. The molecule has 5 rings (SSSR count). The first kappa shape index (κ1) is 15.0. The molecule has 0 N–H and O–H groups in total. The van der Waals surface area contributed by atoms with Gasteiger partial charge in [-0.2, -0.15) is 4.98 Å². The molecule has 25 heavy (non-hydrogen) atoms. The van der Waals surface area contributed by atoms with Gasteiger partial charge in [0.15, 0.2) is 5.82 Å². The molecule has 1 amide bonds. The lowest BCUT2D eigenvalue weighted by Gasteiger charge is -2.22. The normalized spacial score (nSPS) is 28.4. The van der Waals surface area contributed by atoms with E-state index in [4.69, 9.17) is 4.52 Å². The van der Waals surface area contributed by atoms with Gasteiger partial charge in [0.05, 0.1) is 6.04 Å². The van der Waals surface area contributed by atoms with E-state index < -0.39 is 0 Å². The second kappa shape index (κ2) is 5.64. The Kier molecular flexibility index (Phi) is 3.40. The summed E-state index contributed by atoms with van der Waals surface area (Å²) in [5, 5.41) is 4.13. The van der Waals surface area contributed by atoms with Crippen LogP contribution in [0.25, 0.3) is 0 Å². The summed E-state index contributed by atoms with van der Waals surface area (Å²) in [4.78, 5) is 19.4. The molecule has 1 saturated heterocycles. The van der Waals surface area contributed by atoms with Crippen LogP contribution in [0, 0.1) is 11.7 Å². The van der Waals surface area contributed by atoms with Crippen molar-refractivity contribution < 1.29 is 13.7 Å². The summed E-state index contributed by atoms with van der Waals surface area (Å²) in [5.74, 6) is 1.79. The second-order valence-electron chi connectivity index (χ2n) is 7.46. The molecule has 1 aromatic carbocycles. The van der Waals surface area contributed by atoms with E-state index in [0.717, 1.165) is 50.1 Å². The molecule has 6 heteroatoms. The van der Waals surface area contributed by atoms with Crippen molar-refractivity contribution in [2.45, 2.75) is 50.0 Å². The van der Waals surface area contributed by atoms with Crippen molar-refractivity contribution >= 4 is 5.91 Å². The highest BCUT2D eigenvalue weighted by Gasteiger charge is 2.48. The fourth-order valence-electron chi connectivity index (χ4n) is 3.96. The van der Waals surface area contributed by atoms with Gasteiger partial charge in [0.2, 0.25) is 11.8 Å². The smallest absolute Gasteiger partial charge is 0.229 e. The lowest BCUT2D eigenvalue weighted by atomic mass is 10.1. The Bertz CT molecular complexity index is 817. The number of hydrogen-bond acceptors (Lipinski definition) is 4. The minimum Gasteiger partial charge on any atom is -0.339 e. The van der Waals surface area contributed by atoms with Gasteiger partial charge in [0.25, 0.3) is 0 Å². The zero-order valence-corrected chi connectivity index (χ0v) is 13.9. The maximum absolute atomic E-state index is 13.4. The SMILES string of the molecule is O=C([C@@H]1C[C@H]1c1cccc(F)c1)N1CCC[C@@H]1c1noc(C2CC2)n1. The Morgan fingerprint density at radius 1 is 1.28 bits per heavy atom. The molecule has 0 bridgehead atoms. The summed E-state index contributed by atoms with van der Waals surface area (Å²) < 4.78 is 18.8. The topological polar surface area (TPSA) is 59.2 Å². The van der Waals surface area contributed by atoms with E-state index in [1.807, 2.05) is 11.0 Å². The Morgan fingerprint density at radius 2 is 2.16 bits per heavy atom. The van der Waals surface area contributed by atoms with Gasteiger partial charge in [-0.15, -0.1) is 0 Å². The van der Waals surface area contributed by atoms with Crippen LogP contribution in [-0.2, 0) is 4.79 Å². The van der Waals surface area contributed by atoms with Crippen LogP contribution < -0.4 is 0 Å². The summed E-state index contributed by atoms with van der Waals surface area (Å²) in [6.07, 6.45) is 4.87. The predicted octanol–water partition coefficient (Wildman–Crippen LogP) is 3.55. The molecule has 1 aromatic heterocycles. The third kappa shape index (κ3) is 2.73. The third-order valence-corrected chi connectivity index (χ3v) is 5.60. The van der Waals surface area contributed by atoms with Gasteiger partial charge in [-0.3, -0.25) is 4.79 Å². The fourth-order valence-corrected chi connectivity index (χ4v) is 3.96. The number of carbonyl (C=O) groups is 1. The minimum absolute atomic E-state index is 0.0443. The molecule has 5 nitrogen and oxygen atoms in total. The van der Waals surface area contributed by atoms with E-state index >= 15 is 0 Å². The number of benzene rings is 1. The van der Waals surface area contributed by atoms with Gasteiger partial charge in [-0.25, -0.2) is 4.39 Å². The third-order valence-electron chi connectivity index (χ3n) is 5.60. The van der Waals surface area contributed by atoms with E-state index in [9.17, 15) is 9.18 Å². The van der Waals surface area contributed by atoms with Crippen molar-refractivity contribution in [2.24, 2.45) is 5.92 Å². The average Bonchev–Trinajstić information content (AvgIpc) is 3.51. The van der Waals surface area contributed by atoms with E-state index in [1.165, 1.54) is 6.07 Å². The maximum atomic E-state index is 13.4. The van der Waals surface area contributed by atoms with Crippen LogP contribution in [0.15, 0.2) is 28.8 Å². The Hall–Kier alpha value is -2.24. The van der Waals surface area contributed by atoms with Crippen molar-refractivity contribution in [3.05, 3.63) is 47.4 Å². The van der Waals surface area contributed by atoms with Crippen LogP contribution in [0.4, 0.5) is 4.39 Å². The van der Waals surface area contributed by atoms with Gasteiger partial charge in [0, 0.05) is 18.4 Å². The molecular formula is C19H20FN3O2. The number of likely N-dealkylation sites (tertiary alicyclic amines) is 1. The van der Waals surface area contributed by atoms with Crippen molar-refractivity contribution in [3.63, 3.8) is 0 Å². The summed E-state index contributed by atoms with van der Waals surface area (Å²) >= 11 is 0. The lowest BCUT2D eigenvalue weighted by Crippen LogP contribution is -2.32. The van der Waals surface area contributed by atoms with Crippen LogP contribution >= 0.6 is 0 Å². The van der Waals surface area contributed by atoms with Crippen LogP contribution in [0.1, 0.15) is 67.3 Å². The number of aromatic nitrogens is 2. The average molecular weight is 341 g/mol. The van der Waals surface area contributed by atoms with Crippen molar-refractivity contribution in [1.29, 1.82) is 0 Å². The van der Waals surface area contributed by atoms with E-state index in [-0.39, 0.29) is 29.6 Å². The first-order valence-corrected chi connectivity index (χ1v) is 9.10. The van der Waals surface area contributed by atoms with Crippen LogP contribution in [0.3, 0.4) is 0 Å². The summed E-state index contributed by atoms with van der Waals surface area (Å²) in [7, 11) is 0. The largest absolute Gasteiger partial charge is 0.339 e. The Morgan fingerprint density at radius 3 is 2.96 bits per heavy atom. The highest BCUT2D eigenvalue weighted by Crippen LogP contribution is 2.50. The number of rotatable bonds is 4. The molecule has 1 aliphatic heterocycles. The summed E-state index contributed by atoms with van der Waals surface area (Å²) in [6, 6.07) is 6.52. The van der Waals surface area contributed by atoms with Crippen LogP contribution in [-0.4, -0.2) is 27.5 Å². The number of amides is 1. The van der Waals surface area contributed by atoms with Gasteiger partial charge in [-0.05, 0) is 55.7 Å². The van der Waals surface area contributed by atoms with E-state index in [2.05, 4.69) is 10.1 Å². The molecular weight excluding hydrogens is 321 g/mol. The molecule has 3 aliphatic rings. The van der Waals surface area contributed by atoms with E-state index in [0.29, 0.717) is 11.7 Å². The Labute approximate surface area is 145 Å². The second-order valence-corrected chi connectivity index (χ2v) is 7.46.